The van der Waals surface area contributed by atoms with Crippen LogP contribution < -0.4 is 5.73 Å². The van der Waals surface area contributed by atoms with Gasteiger partial charge in [0.25, 0.3) is 0 Å². The first-order valence-electron chi connectivity index (χ1n) is 6.50. The fourth-order valence-corrected chi connectivity index (χ4v) is 2.00. The van der Waals surface area contributed by atoms with Crippen LogP contribution in [0, 0.1) is 0 Å². The maximum absolute atomic E-state index is 8.60. The Kier molecular flexibility index (Phi) is 6.22. The summed E-state index contributed by atoms with van der Waals surface area (Å²) in [4.78, 5) is 2.44. The van der Waals surface area contributed by atoms with Crippen molar-refractivity contribution in [3.05, 3.63) is 35.4 Å². The molecule has 0 spiro atoms. The van der Waals surface area contributed by atoms with E-state index in [1.54, 1.807) is 0 Å². The van der Waals surface area contributed by atoms with Gasteiger partial charge in [0, 0.05) is 12.1 Å². The lowest BCUT2D eigenvalue weighted by atomic mass is 10.1. The van der Waals surface area contributed by atoms with E-state index < -0.39 is 0 Å². The van der Waals surface area contributed by atoms with E-state index >= 15 is 0 Å². The normalized spacial score (nSPS) is 12.1. The molecule has 1 aromatic rings. The standard InChI is InChI=1S/C14H23N3O/c1-3-9-17(10-4-2)11-12-5-7-13(8-6-12)14(15)16-18/h5-8,18H,3-4,9-11H2,1-2H3,(H2,15,16). The zero-order chi connectivity index (χ0) is 13.4. The Morgan fingerprint density at radius 2 is 1.72 bits per heavy atom. The van der Waals surface area contributed by atoms with E-state index in [0.717, 1.165) is 25.2 Å². The van der Waals surface area contributed by atoms with Gasteiger partial charge < -0.3 is 10.9 Å². The fraction of sp³-hybridized carbons (Fsp3) is 0.500. The highest BCUT2D eigenvalue weighted by atomic mass is 16.4. The maximum atomic E-state index is 8.60. The van der Waals surface area contributed by atoms with E-state index in [1.165, 1.54) is 18.4 Å². The second kappa shape index (κ2) is 7.71. The minimum absolute atomic E-state index is 0.153. The first kappa shape index (κ1) is 14.5. The Labute approximate surface area is 109 Å². The van der Waals surface area contributed by atoms with Crippen molar-refractivity contribution in [1.82, 2.24) is 4.90 Å². The van der Waals surface area contributed by atoms with Gasteiger partial charge in [-0.1, -0.05) is 43.3 Å². The van der Waals surface area contributed by atoms with Crippen LogP contribution in [-0.4, -0.2) is 29.0 Å². The van der Waals surface area contributed by atoms with Crippen molar-refractivity contribution in [1.29, 1.82) is 0 Å². The van der Waals surface area contributed by atoms with Gasteiger partial charge in [0.2, 0.25) is 0 Å². The lowest BCUT2D eigenvalue weighted by Gasteiger charge is -2.21. The Morgan fingerprint density at radius 3 is 2.17 bits per heavy atom. The minimum Gasteiger partial charge on any atom is -0.409 e. The highest BCUT2D eigenvalue weighted by Gasteiger charge is 2.04. The van der Waals surface area contributed by atoms with E-state index in [2.05, 4.69) is 23.9 Å². The van der Waals surface area contributed by atoms with Crippen LogP contribution in [0.2, 0.25) is 0 Å². The molecule has 0 bridgehead atoms. The zero-order valence-corrected chi connectivity index (χ0v) is 11.3. The highest BCUT2D eigenvalue weighted by Crippen LogP contribution is 2.08. The molecule has 1 aromatic carbocycles. The molecule has 0 aliphatic heterocycles. The third-order valence-electron chi connectivity index (χ3n) is 2.84. The van der Waals surface area contributed by atoms with Crippen molar-refractivity contribution in [3.8, 4) is 0 Å². The van der Waals surface area contributed by atoms with Crippen molar-refractivity contribution in [3.63, 3.8) is 0 Å². The summed E-state index contributed by atoms with van der Waals surface area (Å²) in [5.74, 6) is 0.153. The van der Waals surface area contributed by atoms with Crippen molar-refractivity contribution in [2.75, 3.05) is 13.1 Å². The summed E-state index contributed by atoms with van der Waals surface area (Å²) in [7, 11) is 0. The molecule has 0 radical (unpaired) electrons. The van der Waals surface area contributed by atoms with Gasteiger partial charge in [-0.2, -0.15) is 0 Å². The Morgan fingerprint density at radius 1 is 1.17 bits per heavy atom. The molecule has 18 heavy (non-hydrogen) atoms. The molecular weight excluding hydrogens is 226 g/mol. The quantitative estimate of drug-likeness (QED) is 0.337. The van der Waals surface area contributed by atoms with E-state index in [4.69, 9.17) is 10.9 Å². The lowest BCUT2D eigenvalue weighted by Crippen LogP contribution is -2.24. The molecule has 0 saturated carbocycles. The number of rotatable bonds is 7. The van der Waals surface area contributed by atoms with Crippen molar-refractivity contribution in [2.45, 2.75) is 33.2 Å². The summed E-state index contributed by atoms with van der Waals surface area (Å²) in [6.07, 6.45) is 2.34. The van der Waals surface area contributed by atoms with Crippen molar-refractivity contribution < 1.29 is 5.21 Å². The van der Waals surface area contributed by atoms with Gasteiger partial charge in [0.05, 0.1) is 0 Å². The molecule has 3 N–H and O–H groups in total. The van der Waals surface area contributed by atoms with Gasteiger partial charge in [-0.25, -0.2) is 0 Å². The first-order valence-corrected chi connectivity index (χ1v) is 6.50. The van der Waals surface area contributed by atoms with Gasteiger partial charge in [-0.05, 0) is 31.5 Å². The highest BCUT2D eigenvalue weighted by molar-refractivity contribution is 5.96. The van der Waals surface area contributed by atoms with Crippen LogP contribution >= 0.6 is 0 Å². The Balaban J connectivity index is 2.66. The number of hydrogen-bond acceptors (Lipinski definition) is 3. The second-order valence-corrected chi connectivity index (χ2v) is 4.46. The average molecular weight is 249 g/mol. The van der Waals surface area contributed by atoms with Gasteiger partial charge in [-0.15, -0.1) is 0 Å². The van der Waals surface area contributed by atoms with Crippen LogP contribution in [-0.2, 0) is 6.54 Å². The third kappa shape index (κ3) is 4.37. The minimum atomic E-state index is 0.153. The summed E-state index contributed by atoms with van der Waals surface area (Å²) in [5, 5.41) is 11.6. The number of hydrogen-bond donors (Lipinski definition) is 2. The molecule has 1 rings (SSSR count). The fourth-order valence-electron chi connectivity index (χ4n) is 2.00. The predicted octanol–water partition coefficient (Wildman–Crippen LogP) is 2.40. The number of amidine groups is 1. The SMILES string of the molecule is CCCN(CCC)Cc1ccc(/C(N)=N/O)cc1. The molecule has 4 nitrogen and oxygen atoms in total. The van der Waals surface area contributed by atoms with E-state index in [-0.39, 0.29) is 5.84 Å². The van der Waals surface area contributed by atoms with Gasteiger partial charge in [0.1, 0.15) is 0 Å². The molecule has 100 valence electrons. The Hall–Kier alpha value is -1.55. The zero-order valence-electron chi connectivity index (χ0n) is 11.3. The molecule has 0 aromatic heterocycles. The number of nitrogens with two attached hydrogens (primary N) is 1. The first-order chi connectivity index (χ1) is 8.71. The van der Waals surface area contributed by atoms with Crippen LogP contribution in [0.1, 0.15) is 37.8 Å². The van der Waals surface area contributed by atoms with E-state index in [9.17, 15) is 0 Å². The van der Waals surface area contributed by atoms with Gasteiger partial charge in [0.15, 0.2) is 5.84 Å². The molecule has 0 aliphatic rings. The topological polar surface area (TPSA) is 61.8 Å². The predicted molar refractivity (Wildman–Crippen MR) is 74.8 cm³/mol. The average Bonchev–Trinajstić information content (AvgIpc) is 2.39. The molecule has 0 atom stereocenters. The van der Waals surface area contributed by atoms with Crippen LogP contribution in [0.5, 0.6) is 0 Å². The smallest absolute Gasteiger partial charge is 0.170 e. The number of oxime groups is 1. The van der Waals surface area contributed by atoms with Crippen LogP contribution in [0.4, 0.5) is 0 Å². The maximum Gasteiger partial charge on any atom is 0.170 e. The monoisotopic (exact) mass is 249 g/mol. The molecule has 0 heterocycles. The molecule has 4 heteroatoms. The van der Waals surface area contributed by atoms with E-state index in [0.29, 0.717) is 0 Å². The number of nitrogens with zero attached hydrogens (tertiary/aromatic N) is 2. The van der Waals surface area contributed by atoms with Gasteiger partial charge >= 0.3 is 0 Å². The summed E-state index contributed by atoms with van der Waals surface area (Å²) < 4.78 is 0. The van der Waals surface area contributed by atoms with Crippen LogP contribution in [0.15, 0.2) is 29.4 Å². The van der Waals surface area contributed by atoms with Crippen LogP contribution in [0.25, 0.3) is 0 Å². The summed E-state index contributed by atoms with van der Waals surface area (Å²) in [6.45, 7) is 7.60. The molecule has 0 unspecified atom stereocenters. The molecule has 0 fully saturated rings. The molecule has 0 aliphatic carbocycles. The van der Waals surface area contributed by atoms with E-state index in [1.807, 2.05) is 24.3 Å². The molecule has 0 amide bonds. The molecular formula is C14H23N3O. The third-order valence-corrected chi connectivity index (χ3v) is 2.84. The van der Waals surface area contributed by atoms with Crippen molar-refractivity contribution >= 4 is 5.84 Å². The summed E-state index contributed by atoms with van der Waals surface area (Å²) in [6, 6.07) is 7.85. The second-order valence-electron chi connectivity index (χ2n) is 4.46. The van der Waals surface area contributed by atoms with Crippen LogP contribution in [0.3, 0.4) is 0 Å². The van der Waals surface area contributed by atoms with Crippen molar-refractivity contribution in [2.24, 2.45) is 10.9 Å². The Bertz CT molecular complexity index is 367. The number of benzene rings is 1. The molecule has 0 saturated heterocycles. The lowest BCUT2D eigenvalue weighted by molar-refractivity contribution is 0.266. The summed E-state index contributed by atoms with van der Waals surface area (Å²) in [5.41, 5.74) is 7.54. The summed E-state index contributed by atoms with van der Waals surface area (Å²) >= 11 is 0. The van der Waals surface area contributed by atoms with Gasteiger partial charge in [-0.3, -0.25) is 4.90 Å². The largest absolute Gasteiger partial charge is 0.409 e.